The predicted octanol–water partition coefficient (Wildman–Crippen LogP) is 7.72. The predicted molar refractivity (Wildman–Crippen MR) is 143 cm³/mol. The Morgan fingerprint density at radius 3 is 2.24 bits per heavy atom. The molecule has 4 nitrogen and oxygen atoms in total. The van der Waals surface area contributed by atoms with E-state index in [1.54, 1.807) is 6.08 Å². The van der Waals surface area contributed by atoms with E-state index < -0.39 is 21.0 Å². The summed E-state index contributed by atoms with van der Waals surface area (Å²) >= 11 is 0. The minimum Gasteiger partial charge on any atom is -0.380 e. The second kappa shape index (κ2) is 8.27. The molecular weight excluding hydrogens is 511 g/mol. The van der Waals surface area contributed by atoms with Gasteiger partial charge in [0.1, 0.15) is 5.76 Å². The number of fused-ring (bicyclic) bond motifs is 7. The molecule has 2 N–H and O–H groups in total. The largest absolute Gasteiger partial charge is 0.534 e. The summed E-state index contributed by atoms with van der Waals surface area (Å²) in [5.41, 5.74) is 2.08. The van der Waals surface area contributed by atoms with E-state index in [-0.39, 0.29) is 33.5 Å². The first kappa shape index (κ1) is 28.5. The van der Waals surface area contributed by atoms with Gasteiger partial charge in [-0.15, -0.1) is 0 Å². The maximum absolute atomic E-state index is 13.2. The molecule has 38 heavy (non-hydrogen) atoms. The van der Waals surface area contributed by atoms with E-state index in [1.807, 2.05) is 13.8 Å². The van der Waals surface area contributed by atoms with Crippen molar-refractivity contribution in [3.05, 3.63) is 24.0 Å². The minimum absolute atomic E-state index is 0.0310. The Morgan fingerprint density at radius 1 is 0.974 bits per heavy atom. The van der Waals surface area contributed by atoms with Crippen LogP contribution in [0.5, 0.6) is 0 Å². The zero-order valence-corrected chi connectivity index (χ0v) is 24.7. The van der Waals surface area contributed by atoms with Crippen molar-refractivity contribution in [3.63, 3.8) is 0 Å². The van der Waals surface area contributed by atoms with Crippen molar-refractivity contribution in [1.29, 1.82) is 0 Å². The van der Waals surface area contributed by atoms with Crippen molar-refractivity contribution < 1.29 is 25.8 Å². The molecule has 0 radical (unpaired) electrons. The number of hydrogen-bond donors (Lipinski definition) is 1. The van der Waals surface area contributed by atoms with Crippen LogP contribution in [0.25, 0.3) is 0 Å². The van der Waals surface area contributed by atoms with Crippen LogP contribution >= 0.6 is 0 Å². The maximum Gasteiger partial charge on any atom is 0.534 e. The molecule has 0 aromatic rings. The zero-order valence-electron chi connectivity index (χ0n) is 23.9. The molecule has 216 valence electrons. The van der Waals surface area contributed by atoms with Crippen LogP contribution in [0, 0.1) is 51.2 Å². The van der Waals surface area contributed by atoms with Crippen LogP contribution in [0.3, 0.4) is 0 Å². The van der Waals surface area contributed by atoms with Gasteiger partial charge in [0.15, 0.2) is 0 Å². The molecular formula is C30H46F3NO3S. The smallest absolute Gasteiger partial charge is 0.380 e. The van der Waals surface area contributed by atoms with Crippen LogP contribution in [0.2, 0.25) is 0 Å². The molecule has 5 aliphatic carbocycles. The lowest BCUT2D eigenvalue weighted by atomic mass is 9.33. The molecule has 0 spiro atoms. The molecule has 0 amide bonds. The van der Waals surface area contributed by atoms with Gasteiger partial charge in [0.2, 0.25) is 0 Å². The van der Waals surface area contributed by atoms with Crippen LogP contribution in [-0.2, 0) is 14.3 Å². The standard InChI is InChI=1S/C30H46F3NO3S/c1-18(2)19-10-15-29(34)17-16-27(6)20(24(19)29)8-9-22-26(5)13-12-23(37-38(35,36)30(31,32)33)25(3,4)21(26)11-14-28(22,27)7/h12,19-22,24H,1,8-11,13-17,34H2,2-7H3/t19-,20+,21-,22+,24+,26?,27+,28+,29-/m0/s1. The Morgan fingerprint density at radius 2 is 1.63 bits per heavy atom. The average Bonchev–Trinajstić information content (AvgIpc) is 3.13. The van der Waals surface area contributed by atoms with E-state index >= 15 is 0 Å². The maximum atomic E-state index is 13.2. The molecule has 0 heterocycles. The van der Waals surface area contributed by atoms with Gasteiger partial charge in [0, 0.05) is 11.0 Å². The van der Waals surface area contributed by atoms with Gasteiger partial charge in [-0.25, -0.2) is 0 Å². The highest BCUT2D eigenvalue weighted by Gasteiger charge is 2.70. The fraction of sp³-hybridized carbons (Fsp3) is 0.867. The summed E-state index contributed by atoms with van der Waals surface area (Å²) in [5.74, 6) is 1.84. The summed E-state index contributed by atoms with van der Waals surface area (Å²) in [6.45, 7) is 17.5. The number of nitrogens with two attached hydrogens (primary N) is 1. The SMILES string of the molecule is C=C(C)[C@@H]1CC[C@]2(N)CC[C@]3(C)[C@H](CC[C@@H]4C5(C)CC=C(OS(=O)(=O)C(F)(F)F)C(C)(C)[C@@H]5CC[C@]43C)[C@@H]12. The molecule has 0 aromatic carbocycles. The Kier molecular flexibility index (Phi) is 6.20. The Balaban J connectivity index is 1.51. The van der Waals surface area contributed by atoms with Gasteiger partial charge in [0.25, 0.3) is 0 Å². The Bertz CT molecular complexity index is 1160. The third-order valence-electron chi connectivity index (χ3n) is 13.1. The molecule has 4 fully saturated rings. The fourth-order valence-corrected chi connectivity index (χ4v) is 11.7. The molecule has 1 unspecified atom stereocenters. The molecule has 4 saturated carbocycles. The lowest BCUT2D eigenvalue weighted by Gasteiger charge is -2.72. The second-order valence-corrected chi connectivity index (χ2v) is 16.4. The van der Waals surface area contributed by atoms with Crippen molar-refractivity contribution in [1.82, 2.24) is 0 Å². The van der Waals surface area contributed by atoms with Gasteiger partial charge in [-0.2, -0.15) is 21.6 Å². The summed E-state index contributed by atoms with van der Waals surface area (Å²) in [6.07, 6.45) is 10.5. The van der Waals surface area contributed by atoms with Crippen molar-refractivity contribution in [3.8, 4) is 0 Å². The van der Waals surface area contributed by atoms with E-state index in [4.69, 9.17) is 9.92 Å². The van der Waals surface area contributed by atoms with E-state index in [0.29, 0.717) is 30.1 Å². The number of allylic oxidation sites excluding steroid dienone is 3. The summed E-state index contributed by atoms with van der Waals surface area (Å²) in [6, 6.07) is 0. The van der Waals surface area contributed by atoms with Crippen LogP contribution in [-0.4, -0.2) is 19.5 Å². The summed E-state index contributed by atoms with van der Waals surface area (Å²) in [5, 5.41) is 0. The topological polar surface area (TPSA) is 69.4 Å². The van der Waals surface area contributed by atoms with Crippen LogP contribution in [0.1, 0.15) is 99.3 Å². The quantitative estimate of drug-likeness (QED) is 0.219. The zero-order chi connectivity index (χ0) is 28.3. The molecule has 0 aliphatic heterocycles. The van der Waals surface area contributed by atoms with Crippen LogP contribution in [0.4, 0.5) is 13.2 Å². The molecule has 5 rings (SSSR count). The molecule has 0 aromatic heterocycles. The number of alkyl halides is 3. The van der Waals surface area contributed by atoms with Crippen molar-refractivity contribution in [2.75, 3.05) is 0 Å². The first-order valence-corrected chi connectivity index (χ1v) is 15.8. The van der Waals surface area contributed by atoms with E-state index in [9.17, 15) is 21.6 Å². The summed E-state index contributed by atoms with van der Waals surface area (Å²) in [4.78, 5) is 0. The highest BCUT2D eigenvalue weighted by molar-refractivity contribution is 7.87. The first-order valence-electron chi connectivity index (χ1n) is 14.4. The summed E-state index contributed by atoms with van der Waals surface area (Å²) in [7, 11) is -5.70. The molecule has 0 bridgehead atoms. The molecule has 0 saturated heterocycles. The number of rotatable bonds is 3. The lowest BCUT2D eigenvalue weighted by molar-refractivity contribution is -0.221. The van der Waals surface area contributed by atoms with E-state index in [0.717, 1.165) is 51.4 Å². The first-order chi connectivity index (χ1) is 17.2. The second-order valence-electron chi connectivity index (χ2n) is 14.9. The fourth-order valence-electron chi connectivity index (χ4n) is 11.1. The minimum atomic E-state index is -5.70. The lowest BCUT2D eigenvalue weighted by Crippen LogP contribution is -2.67. The molecule has 8 heteroatoms. The van der Waals surface area contributed by atoms with Crippen molar-refractivity contribution >= 4 is 10.1 Å². The van der Waals surface area contributed by atoms with Gasteiger partial charge in [-0.3, -0.25) is 0 Å². The van der Waals surface area contributed by atoms with Crippen LogP contribution in [0.15, 0.2) is 24.0 Å². The summed E-state index contributed by atoms with van der Waals surface area (Å²) < 4.78 is 68.1. The highest BCUT2D eigenvalue weighted by atomic mass is 32.2. The van der Waals surface area contributed by atoms with E-state index in [1.165, 1.54) is 5.57 Å². The average molecular weight is 558 g/mol. The van der Waals surface area contributed by atoms with E-state index in [2.05, 4.69) is 34.3 Å². The van der Waals surface area contributed by atoms with Gasteiger partial charge in [-0.05, 0) is 117 Å². The number of halogens is 3. The Hall–Kier alpha value is -1.02. The van der Waals surface area contributed by atoms with Gasteiger partial charge in [0.05, 0.1) is 0 Å². The van der Waals surface area contributed by atoms with Crippen molar-refractivity contribution in [2.45, 2.75) is 110 Å². The monoisotopic (exact) mass is 557 g/mol. The van der Waals surface area contributed by atoms with Crippen LogP contribution < -0.4 is 5.73 Å². The molecule has 9 atom stereocenters. The van der Waals surface area contributed by atoms with Crippen molar-refractivity contribution in [2.24, 2.45) is 57.0 Å². The third kappa shape index (κ3) is 3.60. The molecule has 5 aliphatic rings. The third-order valence-corrected chi connectivity index (χ3v) is 14.1. The van der Waals surface area contributed by atoms with Gasteiger partial charge in [-0.1, -0.05) is 46.8 Å². The van der Waals surface area contributed by atoms with Gasteiger partial charge < -0.3 is 9.92 Å². The Labute approximate surface area is 227 Å². The highest BCUT2D eigenvalue weighted by Crippen LogP contribution is 2.76. The normalized spacial score (nSPS) is 48.2. The van der Waals surface area contributed by atoms with Gasteiger partial charge >= 0.3 is 15.6 Å². The number of hydrogen-bond acceptors (Lipinski definition) is 4.